The molecule has 0 aliphatic heterocycles. The summed E-state index contributed by atoms with van der Waals surface area (Å²) in [5.74, 6) is 2.22. The molecular weight excluding hydrogens is 302 g/mol. The Labute approximate surface area is 112 Å². The van der Waals surface area contributed by atoms with Crippen LogP contribution in [-0.2, 0) is 11.3 Å². The van der Waals surface area contributed by atoms with Gasteiger partial charge in [0, 0.05) is 0 Å². The SMILES string of the molecule is C#CCn1c(C(=O)OCC)cc2sc(Br)cc21. The van der Waals surface area contributed by atoms with Crippen LogP contribution in [0.25, 0.3) is 10.2 Å². The summed E-state index contributed by atoms with van der Waals surface area (Å²) in [5, 5.41) is 0. The Hall–Kier alpha value is -1.25. The smallest absolute Gasteiger partial charge is 0.355 e. The Kier molecular flexibility index (Phi) is 3.55. The lowest BCUT2D eigenvalue weighted by molar-refractivity contribution is 0.0515. The van der Waals surface area contributed by atoms with E-state index < -0.39 is 0 Å². The molecule has 0 radical (unpaired) electrons. The summed E-state index contributed by atoms with van der Waals surface area (Å²) >= 11 is 4.99. The van der Waals surface area contributed by atoms with Gasteiger partial charge in [-0.25, -0.2) is 4.79 Å². The summed E-state index contributed by atoms with van der Waals surface area (Å²) in [6, 6.07) is 3.78. The van der Waals surface area contributed by atoms with Crippen molar-refractivity contribution in [3.05, 3.63) is 21.6 Å². The molecule has 88 valence electrons. The van der Waals surface area contributed by atoms with Gasteiger partial charge in [-0.1, -0.05) is 5.92 Å². The molecule has 2 heterocycles. The van der Waals surface area contributed by atoms with Gasteiger partial charge in [-0.3, -0.25) is 0 Å². The fourth-order valence-corrected chi connectivity index (χ4v) is 3.21. The molecule has 3 nitrogen and oxygen atoms in total. The van der Waals surface area contributed by atoms with E-state index in [2.05, 4.69) is 21.9 Å². The highest BCUT2D eigenvalue weighted by Crippen LogP contribution is 2.32. The molecule has 0 aliphatic rings. The van der Waals surface area contributed by atoms with Gasteiger partial charge in [-0.15, -0.1) is 17.8 Å². The highest BCUT2D eigenvalue weighted by molar-refractivity contribution is 9.11. The van der Waals surface area contributed by atoms with Gasteiger partial charge in [0.25, 0.3) is 0 Å². The standard InChI is InChI=1S/C12H10BrNO2S/c1-3-5-14-8-7-11(13)17-10(8)6-9(14)12(15)16-4-2/h1,6-7H,4-5H2,2H3. The van der Waals surface area contributed by atoms with Crippen molar-refractivity contribution in [3.8, 4) is 12.3 Å². The minimum atomic E-state index is -0.331. The number of nitrogens with zero attached hydrogens (tertiary/aromatic N) is 1. The Morgan fingerprint density at radius 2 is 2.41 bits per heavy atom. The van der Waals surface area contributed by atoms with Gasteiger partial charge >= 0.3 is 5.97 Å². The van der Waals surface area contributed by atoms with E-state index in [0.717, 1.165) is 14.0 Å². The zero-order valence-corrected chi connectivity index (χ0v) is 11.6. The summed E-state index contributed by atoms with van der Waals surface area (Å²) < 4.78 is 8.85. The van der Waals surface area contributed by atoms with Crippen molar-refractivity contribution in [2.45, 2.75) is 13.5 Å². The number of ether oxygens (including phenoxy) is 1. The van der Waals surface area contributed by atoms with Gasteiger partial charge in [0.1, 0.15) is 5.69 Å². The highest BCUT2D eigenvalue weighted by Gasteiger charge is 2.17. The minimum absolute atomic E-state index is 0.331. The van der Waals surface area contributed by atoms with Crippen molar-refractivity contribution in [2.75, 3.05) is 6.61 Å². The third-order valence-electron chi connectivity index (χ3n) is 2.29. The van der Waals surface area contributed by atoms with Crippen molar-refractivity contribution >= 4 is 43.5 Å². The lowest BCUT2D eigenvalue weighted by Crippen LogP contribution is -2.11. The topological polar surface area (TPSA) is 31.2 Å². The van der Waals surface area contributed by atoms with Gasteiger partial charge in [-0.2, -0.15) is 0 Å². The molecule has 0 atom stereocenters. The summed E-state index contributed by atoms with van der Waals surface area (Å²) in [4.78, 5) is 11.8. The van der Waals surface area contributed by atoms with Crippen LogP contribution in [0.2, 0.25) is 0 Å². The van der Waals surface area contributed by atoms with Crippen molar-refractivity contribution in [1.82, 2.24) is 4.57 Å². The third-order valence-corrected chi connectivity index (χ3v) is 3.87. The molecule has 0 aromatic carbocycles. The summed E-state index contributed by atoms with van der Waals surface area (Å²) in [6.07, 6.45) is 5.33. The van der Waals surface area contributed by atoms with Crippen molar-refractivity contribution in [1.29, 1.82) is 0 Å². The summed E-state index contributed by atoms with van der Waals surface area (Å²) in [6.45, 7) is 2.50. The van der Waals surface area contributed by atoms with Crippen LogP contribution in [0.3, 0.4) is 0 Å². The van der Waals surface area contributed by atoms with Crippen LogP contribution >= 0.6 is 27.3 Å². The quantitative estimate of drug-likeness (QED) is 0.643. The average Bonchev–Trinajstić information content (AvgIpc) is 2.77. The number of carbonyl (C=O) groups excluding carboxylic acids is 1. The van der Waals surface area contributed by atoms with Crippen molar-refractivity contribution < 1.29 is 9.53 Å². The minimum Gasteiger partial charge on any atom is -0.461 e. The fraction of sp³-hybridized carbons (Fsp3) is 0.250. The molecule has 0 fully saturated rings. The lowest BCUT2D eigenvalue weighted by atomic mass is 10.4. The first kappa shape index (κ1) is 12.2. The van der Waals surface area contributed by atoms with E-state index in [9.17, 15) is 4.79 Å². The molecule has 0 amide bonds. The molecule has 2 aromatic rings. The normalized spacial score (nSPS) is 10.4. The highest BCUT2D eigenvalue weighted by atomic mass is 79.9. The van der Waals surface area contributed by atoms with Crippen molar-refractivity contribution in [3.63, 3.8) is 0 Å². The molecule has 0 saturated heterocycles. The van der Waals surface area contributed by atoms with Crippen LogP contribution < -0.4 is 0 Å². The zero-order valence-electron chi connectivity index (χ0n) is 9.20. The molecule has 0 unspecified atom stereocenters. The van der Waals surface area contributed by atoms with Crippen LogP contribution in [0.5, 0.6) is 0 Å². The van der Waals surface area contributed by atoms with Crippen LogP contribution in [0.4, 0.5) is 0 Å². The Morgan fingerprint density at radius 3 is 3.06 bits per heavy atom. The van der Waals surface area contributed by atoms with E-state index in [-0.39, 0.29) is 5.97 Å². The van der Waals surface area contributed by atoms with Gasteiger partial charge < -0.3 is 9.30 Å². The Morgan fingerprint density at radius 1 is 1.65 bits per heavy atom. The van der Waals surface area contributed by atoms with Crippen LogP contribution in [0.1, 0.15) is 17.4 Å². The van der Waals surface area contributed by atoms with E-state index in [4.69, 9.17) is 11.2 Å². The second-order valence-corrected chi connectivity index (χ2v) is 5.80. The first-order chi connectivity index (χ1) is 8.17. The first-order valence-corrected chi connectivity index (χ1v) is 6.67. The van der Waals surface area contributed by atoms with Crippen molar-refractivity contribution in [2.24, 2.45) is 0 Å². The second kappa shape index (κ2) is 4.94. The molecule has 17 heavy (non-hydrogen) atoms. The van der Waals surface area contributed by atoms with Crippen LogP contribution in [0.15, 0.2) is 15.9 Å². The van der Waals surface area contributed by atoms with Gasteiger partial charge in [0.05, 0.1) is 27.2 Å². The zero-order chi connectivity index (χ0) is 12.4. The van der Waals surface area contributed by atoms with Crippen LogP contribution in [-0.4, -0.2) is 17.1 Å². The second-order valence-electron chi connectivity index (χ2n) is 3.34. The number of hydrogen-bond donors (Lipinski definition) is 0. The number of terminal acetylenes is 1. The predicted molar refractivity (Wildman–Crippen MR) is 72.3 cm³/mol. The summed E-state index contributed by atoms with van der Waals surface area (Å²) in [7, 11) is 0. The molecule has 0 spiro atoms. The lowest BCUT2D eigenvalue weighted by Gasteiger charge is -2.05. The van der Waals surface area contributed by atoms with E-state index in [1.807, 2.05) is 12.1 Å². The summed E-state index contributed by atoms with van der Waals surface area (Å²) in [5.41, 5.74) is 1.47. The monoisotopic (exact) mass is 311 g/mol. The number of aromatic nitrogens is 1. The Balaban J connectivity index is 2.55. The van der Waals surface area contributed by atoms with E-state index in [0.29, 0.717) is 18.8 Å². The number of halogens is 1. The molecule has 0 N–H and O–H groups in total. The number of rotatable bonds is 3. The third kappa shape index (κ3) is 2.24. The molecule has 2 aromatic heterocycles. The van der Waals surface area contributed by atoms with E-state index >= 15 is 0 Å². The number of thiophene rings is 1. The number of hydrogen-bond acceptors (Lipinski definition) is 3. The number of carbonyl (C=O) groups is 1. The molecule has 0 saturated carbocycles. The average molecular weight is 312 g/mol. The Bertz CT molecular complexity index is 606. The molecule has 0 aliphatic carbocycles. The van der Waals surface area contributed by atoms with Gasteiger partial charge in [0.2, 0.25) is 0 Å². The number of esters is 1. The molecular formula is C12H10BrNO2S. The maximum absolute atomic E-state index is 11.8. The van der Waals surface area contributed by atoms with Gasteiger partial charge in [-0.05, 0) is 35.0 Å². The maximum atomic E-state index is 11.8. The van der Waals surface area contributed by atoms with Crippen LogP contribution in [0, 0.1) is 12.3 Å². The molecule has 2 rings (SSSR count). The molecule has 5 heteroatoms. The van der Waals surface area contributed by atoms with E-state index in [1.165, 1.54) is 0 Å². The molecule has 0 bridgehead atoms. The first-order valence-electron chi connectivity index (χ1n) is 5.06. The fourth-order valence-electron chi connectivity index (χ4n) is 1.65. The van der Waals surface area contributed by atoms with Gasteiger partial charge in [0.15, 0.2) is 0 Å². The predicted octanol–water partition coefficient (Wildman–Crippen LogP) is 3.28. The number of fused-ring (bicyclic) bond motifs is 1. The van der Waals surface area contributed by atoms with E-state index in [1.54, 1.807) is 22.8 Å². The largest absolute Gasteiger partial charge is 0.461 e. The maximum Gasteiger partial charge on any atom is 0.355 e.